The fraction of sp³-hybridized carbons (Fsp3) is 0.278. The molecule has 23 heavy (non-hydrogen) atoms. The average molecular weight is 336 g/mol. The second kappa shape index (κ2) is 8.11. The summed E-state index contributed by atoms with van der Waals surface area (Å²) < 4.78 is 31.5. The summed E-state index contributed by atoms with van der Waals surface area (Å²) in [4.78, 5) is 11.7. The van der Waals surface area contributed by atoms with Gasteiger partial charge in [0.25, 0.3) is 0 Å². The van der Waals surface area contributed by atoms with Crippen LogP contribution in [0.4, 0.5) is 8.78 Å². The number of esters is 1. The van der Waals surface area contributed by atoms with Crippen LogP contribution in [0, 0.1) is 11.6 Å². The standard InChI is InChI=1S/C18H18F2O2S/c1-2-17(21)22-16(11-12-3-7-14(19)8-4-12)18(23)13-5-9-15(20)10-6-13/h3-10,16,18,23H,2,11H2,1H3. The first-order chi connectivity index (χ1) is 11.0. The molecule has 0 amide bonds. The molecule has 2 rings (SSSR count). The van der Waals surface area contributed by atoms with Crippen molar-refractivity contribution in [3.63, 3.8) is 0 Å². The van der Waals surface area contributed by atoms with Crippen LogP contribution in [0.15, 0.2) is 48.5 Å². The molecule has 0 aromatic heterocycles. The van der Waals surface area contributed by atoms with E-state index in [4.69, 9.17) is 4.74 Å². The minimum Gasteiger partial charge on any atom is -0.460 e. The van der Waals surface area contributed by atoms with E-state index in [9.17, 15) is 13.6 Å². The van der Waals surface area contributed by atoms with Crippen molar-refractivity contribution in [1.29, 1.82) is 0 Å². The smallest absolute Gasteiger partial charge is 0.305 e. The van der Waals surface area contributed by atoms with Crippen LogP contribution in [-0.4, -0.2) is 12.1 Å². The Morgan fingerprint density at radius 2 is 1.57 bits per heavy atom. The van der Waals surface area contributed by atoms with Gasteiger partial charge in [-0.1, -0.05) is 31.2 Å². The summed E-state index contributed by atoms with van der Waals surface area (Å²) in [6.45, 7) is 1.71. The van der Waals surface area contributed by atoms with Crippen molar-refractivity contribution >= 4 is 18.6 Å². The van der Waals surface area contributed by atoms with Gasteiger partial charge in [0, 0.05) is 12.8 Å². The van der Waals surface area contributed by atoms with Gasteiger partial charge < -0.3 is 4.74 Å². The monoisotopic (exact) mass is 336 g/mol. The zero-order chi connectivity index (χ0) is 16.8. The molecule has 0 aliphatic carbocycles. The number of thiol groups is 1. The van der Waals surface area contributed by atoms with Crippen molar-refractivity contribution in [2.24, 2.45) is 0 Å². The Morgan fingerprint density at radius 3 is 2.09 bits per heavy atom. The number of rotatable bonds is 6. The fourth-order valence-electron chi connectivity index (χ4n) is 2.20. The Bertz CT molecular complexity index is 641. The maximum atomic E-state index is 13.1. The Balaban J connectivity index is 2.20. The third kappa shape index (κ3) is 5.06. The molecule has 0 aliphatic heterocycles. The van der Waals surface area contributed by atoms with E-state index < -0.39 is 11.4 Å². The molecule has 0 radical (unpaired) electrons. The maximum absolute atomic E-state index is 13.1. The summed E-state index contributed by atoms with van der Waals surface area (Å²) in [6.07, 6.45) is 0.128. The Kier molecular flexibility index (Phi) is 6.16. The van der Waals surface area contributed by atoms with Crippen molar-refractivity contribution in [3.8, 4) is 0 Å². The van der Waals surface area contributed by atoms with Crippen LogP contribution in [0.1, 0.15) is 29.7 Å². The van der Waals surface area contributed by atoms with Gasteiger partial charge in [-0.25, -0.2) is 8.78 Å². The molecule has 2 atom stereocenters. The molecule has 2 nitrogen and oxygen atoms in total. The Labute approximate surface area is 139 Å². The molecular weight excluding hydrogens is 318 g/mol. The third-order valence-corrected chi connectivity index (χ3v) is 4.12. The molecule has 2 aromatic rings. The highest BCUT2D eigenvalue weighted by Gasteiger charge is 2.24. The lowest BCUT2D eigenvalue weighted by Crippen LogP contribution is -2.25. The summed E-state index contributed by atoms with van der Waals surface area (Å²) in [5, 5.41) is -0.406. The number of hydrogen-bond donors (Lipinski definition) is 1. The first-order valence-electron chi connectivity index (χ1n) is 7.37. The van der Waals surface area contributed by atoms with E-state index in [0.717, 1.165) is 11.1 Å². The number of benzene rings is 2. The predicted octanol–water partition coefficient (Wildman–Crippen LogP) is 4.50. The molecule has 0 spiro atoms. The number of halogens is 2. The lowest BCUT2D eigenvalue weighted by Gasteiger charge is -2.24. The van der Waals surface area contributed by atoms with Gasteiger partial charge in [-0.3, -0.25) is 4.79 Å². The molecule has 2 unspecified atom stereocenters. The summed E-state index contributed by atoms with van der Waals surface area (Å²) in [7, 11) is 0. The van der Waals surface area contributed by atoms with Gasteiger partial charge in [0.05, 0.1) is 5.25 Å². The van der Waals surface area contributed by atoms with Gasteiger partial charge in [0.2, 0.25) is 0 Å². The largest absolute Gasteiger partial charge is 0.460 e. The lowest BCUT2D eigenvalue weighted by molar-refractivity contribution is -0.148. The van der Waals surface area contributed by atoms with E-state index in [0.29, 0.717) is 6.42 Å². The maximum Gasteiger partial charge on any atom is 0.305 e. The van der Waals surface area contributed by atoms with Crippen LogP contribution in [-0.2, 0) is 16.0 Å². The Hall–Kier alpha value is -1.88. The molecule has 0 bridgehead atoms. The van der Waals surface area contributed by atoms with E-state index in [2.05, 4.69) is 12.6 Å². The molecule has 0 saturated carbocycles. The first-order valence-corrected chi connectivity index (χ1v) is 7.88. The van der Waals surface area contributed by atoms with Gasteiger partial charge in [-0.2, -0.15) is 12.6 Å². The fourth-order valence-corrected chi connectivity index (χ4v) is 2.54. The van der Waals surface area contributed by atoms with Crippen LogP contribution in [0.25, 0.3) is 0 Å². The van der Waals surface area contributed by atoms with Crippen LogP contribution in [0.3, 0.4) is 0 Å². The second-order valence-corrected chi connectivity index (χ2v) is 5.77. The topological polar surface area (TPSA) is 26.3 Å². The van der Waals surface area contributed by atoms with Crippen LogP contribution in [0.2, 0.25) is 0 Å². The molecule has 5 heteroatoms. The summed E-state index contributed by atoms with van der Waals surface area (Å²) in [5.74, 6) is -0.995. The normalized spacial score (nSPS) is 13.4. The quantitative estimate of drug-likeness (QED) is 0.621. The average Bonchev–Trinajstić information content (AvgIpc) is 2.56. The highest BCUT2D eigenvalue weighted by Crippen LogP contribution is 2.29. The lowest BCUT2D eigenvalue weighted by atomic mass is 10.0. The summed E-state index contributed by atoms with van der Waals surface area (Å²) in [6, 6.07) is 11.9. The molecule has 0 saturated heterocycles. The molecule has 0 N–H and O–H groups in total. The first kappa shape index (κ1) is 17.5. The van der Waals surface area contributed by atoms with Gasteiger partial charge in [-0.05, 0) is 35.4 Å². The summed E-state index contributed by atoms with van der Waals surface area (Å²) >= 11 is 4.54. The number of carbonyl (C=O) groups is 1. The van der Waals surface area contributed by atoms with E-state index in [-0.39, 0.29) is 24.0 Å². The van der Waals surface area contributed by atoms with Crippen molar-refractivity contribution < 1.29 is 18.3 Å². The van der Waals surface area contributed by atoms with Crippen molar-refractivity contribution in [2.45, 2.75) is 31.1 Å². The van der Waals surface area contributed by atoms with E-state index in [1.54, 1.807) is 31.2 Å². The Morgan fingerprint density at radius 1 is 1.04 bits per heavy atom. The van der Waals surface area contributed by atoms with Crippen molar-refractivity contribution in [2.75, 3.05) is 0 Å². The van der Waals surface area contributed by atoms with E-state index >= 15 is 0 Å². The van der Waals surface area contributed by atoms with Crippen LogP contribution < -0.4 is 0 Å². The van der Waals surface area contributed by atoms with E-state index in [1.165, 1.54) is 24.3 Å². The minimum absolute atomic E-state index is 0.254. The SMILES string of the molecule is CCC(=O)OC(Cc1ccc(F)cc1)C(S)c1ccc(F)cc1. The molecule has 2 aromatic carbocycles. The highest BCUT2D eigenvalue weighted by atomic mass is 32.1. The second-order valence-electron chi connectivity index (χ2n) is 5.21. The third-order valence-electron chi connectivity index (χ3n) is 3.49. The van der Waals surface area contributed by atoms with Gasteiger partial charge in [-0.15, -0.1) is 0 Å². The number of carbonyl (C=O) groups excluding carboxylic acids is 1. The number of ether oxygens (including phenoxy) is 1. The predicted molar refractivity (Wildman–Crippen MR) is 88.4 cm³/mol. The molecule has 0 aliphatic rings. The van der Waals surface area contributed by atoms with Crippen LogP contribution >= 0.6 is 12.6 Å². The summed E-state index contributed by atoms with van der Waals surface area (Å²) in [5.41, 5.74) is 1.59. The minimum atomic E-state index is -0.526. The zero-order valence-corrected chi connectivity index (χ0v) is 13.6. The van der Waals surface area contributed by atoms with Crippen LogP contribution in [0.5, 0.6) is 0 Å². The van der Waals surface area contributed by atoms with Gasteiger partial charge in [0.1, 0.15) is 17.7 Å². The molecule has 122 valence electrons. The molecular formula is C18H18F2O2S. The zero-order valence-electron chi connectivity index (χ0n) is 12.7. The van der Waals surface area contributed by atoms with Gasteiger partial charge >= 0.3 is 5.97 Å². The van der Waals surface area contributed by atoms with Gasteiger partial charge in [0.15, 0.2) is 0 Å². The number of hydrogen-bond acceptors (Lipinski definition) is 3. The van der Waals surface area contributed by atoms with E-state index in [1.807, 2.05) is 0 Å². The van der Waals surface area contributed by atoms with Crippen molar-refractivity contribution in [1.82, 2.24) is 0 Å². The molecule has 0 fully saturated rings. The highest BCUT2D eigenvalue weighted by molar-refractivity contribution is 7.80. The molecule has 0 heterocycles. The van der Waals surface area contributed by atoms with Crippen molar-refractivity contribution in [3.05, 3.63) is 71.3 Å².